The first-order chi connectivity index (χ1) is 28.5. The molecule has 0 N–H and O–H groups in total. The number of hydrogen-bond donors (Lipinski definition) is 0. The summed E-state index contributed by atoms with van der Waals surface area (Å²) in [5.41, 5.74) is 15.8. The van der Waals surface area contributed by atoms with Gasteiger partial charge in [-0.25, -0.2) is 5.57 Å². The topological polar surface area (TPSA) is 0 Å². The van der Waals surface area contributed by atoms with Crippen LogP contribution in [0.4, 0.5) is 0 Å². The van der Waals surface area contributed by atoms with Crippen molar-refractivity contribution in [3.63, 3.8) is 0 Å². The van der Waals surface area contributed by atoms with Crippen molar-refractivity contribution in [3.05, 3.63) is 154 Å². The Hall–Kier alpha value is -2.31. The van der Waals surface area contributed by atoms with Gasteiger partial charge in [-0.15, -0.1) is 30.4 Å². The van der Waals surface area contributed by atoms with Gasteiger partial charge in [0.25, 0.3) is 0 Å². The van der Waals surface area contributed by atoms with E-state index >= 15 is 0 Å². The van der Waals surface area contributed by atoms with Crippen molar-refractivity contribution in [2.45, 2.75) is 170 Å². The van der Waals surface area contributed by atoms with Gasteiger partial charge in [-0.1, -0.05) is 144 Å². The van der Waals surface area contributed by atoms with E-state index in [1.807, 2.05) is 24.3 Å². The Labute approximate surface area is 414 Å². The molecule has 10 rings (SSSR count). The van der Waals surface area contributed by atoms with Crippen LogP contribution >= 0.6 is 24.8 Å². The second-order valence-corrected chi connectivity index (χ2v) is 23.3. The van der Waals surface area contributed by atoms with Crippen molar-refractivity contribution in [2.75, 3.05) is 0 Å². The predicted octanol–water partition coefficient (Wildman–Crippen LogP) is 16.9. The average molecular weight is 963 g/mol. The molecule has 0 radical (unpaired) electrons. The summed E-state index contributed by atoms with van der Waals surface area (Å²) in [6.45, 7) is 31.5. The molecule has 0 heterocycles. The summed E-state index contributed by atoms with van der Waals surface area (Å²) in [7, 11) is 0. The van der Waals surface area contributed by atoms with E-state index in [0.29, 0.717) is 11.3 Å². The van der Waals surface area contributed by atoms with Crippen LogP contribution in [0.5, 0.6) is 0 Å². The summed E-state index contributed by atoms with van der Waals surface area (Å²) in [5.74, 6) is 3.82. The van der Waals surface area contributed by atoms with E-state index in [2.05, 4.69) is 186 Å². The van der Waals surface area contributed by atoms with Crippen LogP contribution in [0.25, 0.3) is 11.1 Å². The van der Waals surface area contributed by atoms with Crippen LogP contribution in [0.2, 0.25) is 0 Å². The third kappa shape index (κ3) is 14.8. The third-order valence-corrected chi connectivity index (χ3v) is 13.8. The van der Waals surface area contributed by atoms with Crippen LogP contribution in [0, 0.1) is 53.4 Å². The van der Waals surface area contributed by atoms with Crippen LogP contribution in [0.15, 0.2) is 96.1 Å². The van der Waals surface area contributed by atoms with Crippen LogP contribution < -0.4 is 0 Å². The van der Waals surface area contributed by atoms with Crippen molar-refractivity contribution in [3.8, 4) is 11.1 Å². The number of halogens is 2. The van der Waals surface area contributed by atoms with Gasteiger partial charge in [-0.3, -0.25) is 6.08 Å². The molecule has 4 saturated carbocycles. The van der Waals surface area contributed by atoms with Gasteiger partial charge in [0.2, 0.25) is 0 Å². The second kappa shape index (κ2) is 22.5. The van der Waals surface area contributed by atoms with Gasteiger partial charge < -0.3 is 0 Å². The summed E-state index contributed by atoms with van der Waals surface area (Å²) in [6, 6.07) is 37.4. The maximum atomic E-state index is 3.57. The molecule has 4 fully saturated rings. The number of fused-ring (bicyclic) bond motifs is 3. The van der Waals surface area contributed by atoms with Crippen molar-refractivity contribution in [1.29, 1.82) is 0 Å². The van der Waals surface area contributed by atoms with E-state index in [9.17, 15) is 0 Å². The number of hydrogen-bond acceptors (Lipinski definition) is 0. The van der Waals surface area contributed by atoms with Crippen molar-refractivity contribution in [1.82, 2.24) is 0 Å². The first kappa shape index (κ1) is 55.0. The molecule has 0 spiro atoms. The first-order valence-corrected chi connectivity index (χ1v) is 25.0. The molecule has 6 aliphatic carbocycles. The fourth-order valence-electron chi connectivity index (χ4n) is 10.8. The van der Waals surface area contributed by atoms with Crippen LogP contribution in [0.1, 0.15) is 175 Å². The summed E-state index contributed by atoms with van der Waals surface area (Å²) >= 11 is 1.30. The molecule has 3 heteroatoms. The van der Waals surface area contributed by atoms with E-state index in [1.54, 1.807) is 44.1 Å². The van der Waals surface area contributed by atoms with E-state index in [0.717, 1.165) is 24.2 Å². The zero-order chi connectivity index (χ0) is 45.0. The molecule has 0 nitrogen and oxygen atoms in total. The minimum atomic E-state index is 0. The van der Waals surface area contributed by atoms with Crippen molar-refractivity contribution < 1.29 is 24.2 Å². The molecule has 0 aliphatic heterocycles. The fourth-order valence-corrected chi connectivity index (χ4v) is 10.8. The van der Waals surface area contributed by atoms with Gasteiger partial charge in [0.15, 0.2) is 0 Å². The Morgan fingerprint density at radius 3 is 1.41 bits per heavy atom. The Morgan fingerprint density at radius 2 is 1.03 bits per heavy atom. The quantitative estimate of drug-likeness (QED) is 0.155. The Kier molecular flexibility index (Phi) is 19.6. The Balaban J connectivity index is 0.000000229. The van der Waals surface area contributed by atoms with Crippen LogP contribution in [-0.2, 0) is 52.3 Å². The summed E-state index contributed by atoms with van der Waals surface area (Å²) in [6.07, 6.45) is 17.8. The Morgan fingerprint density at radius 1 is 0.603 bits per heavy atom. The summed E-state index contributed by atoms with van der Waals surface area (Å²) in [5, 5.41) is 0. The van der Waals surface area contributed by atoms with E-state index in [-0.39, 0.29) is 46.5 Å². The van der Waals surface area contributed by atoms with E-state index < -0.39 is 0 Å². The number of allylic oxidation sites excluding steroid dienone is 4. The molecule has 0 saturated heterocycles. The first-order valence-electron chi connectivity index (χ1n) is 23.3. The summed E-state index contributed by atoms with van der Waals surface area (Å²) < 4.78 is 3.34. The molecule has 6 aliphatic rings. The molecule has 4 bridgehead atoms. The van der Waals surface area contributed by atoms with E-state index in [4.69, 9.17) is 0 Å². The van der Waals surface area contributed by atoms with Gasteiger partial charge in [0.1, 0.15) is 0 Å². The standard InChI is InChI=1S/C21H25.C18H25.2C10H13.CH2.2ClH.Zr/c1-20(2,3)16-9-7-14-11-15-8-10-17(21(4,5)6)13-19(15)18(14)12-16;1-12-3-13(2)17(4-12)11-18-8-14-5-15(9-18)7-16(6-14)10-18;2*1-10(2,3)9-7-5-4-6-8-9;;;;/h7,9-10,12-13H,11H2,1-6H3;4,12,14-16H,5-11H2,1-2H3;2*5-8H,1-3H3;1H2;2*1H;/q4*-1;;;;. The zero-order valence-corrected chi connectivity index (χ0v) is 45.7. The summed E-state index contributed by atoms with van der Waals surface area (Å²) in [4.78, 5) is 0. The second-order valence-electron chi connectivity index (χ2n) is 23.3. The molecule has 4 aromatic carbocycles. The van der Waals surface area contributed by atoms with Gasteiger partial charge in [-0.2, -0.15) is 113 Å². The molecule has 4 aromatic rings. The maximum absolute atomic E-state index is 3.57. The molecule has 0 aromatic heterocycles. The number of rotatable bonds is 2. The molecule has 0 amide bonds. The molecule has 1 unspecified atom stereocenters. The van der Waals surface area contributed by atoms with Gasteiger partial charge >= 0.3 is 28.4 Å². The predicted molar refractivity (Wildman–Crippen MR) is 275 cm³/mol. The van der Waals surface area contributed by atoms with E-state index in [1.165, 1.54) is 80.7 Å². The van der Waals surface area contributed by atoms with Crippen molar-refractivity contribution in [2.24, 2.45) is 29.1 Å². The zero-order valence-electron chi connectivity index (χ0n) is 41.6. The molecular weight excluding hydrogens is 883 g/mol. The fraction of sp³-hybridized carbons (Fsp3) is 0.517. The van der Waals surface area contributed by atoms with Gasteiger partial charge in [0, 0.05) is 0 Å². The molecular formula is C60H80Cl2Zr-4. The normalized spacial score (nSPS) is 22.5. The average Bonchev–Trinajstić information content (AvgIpc) is 3.71. The monoisotopic (exact) mass is 960 g/mol. The third-order valence-electron chi connectivity index (χ3n) is 13.8. The van der Waals surface area contributed by atoms with Gasteiger partial charge in [0.05, 0.1) is 0 Å². The molecule has 1 atom stereocenters. The molecule has 342 valence electrons. The Bertz CT molecular complexity index is 1970. The van der Waals surface area contributed by atoms with Crippen molar-refractivity contribution >= 4 is 29.0 Å². The van der Waals surface area contributed by atoms with Crippen LogP contribution in [-0.4, -0.2) is 4.21 Å². The van der Waals surface area contributed by atoms with Gasteiger partial charge in [-0.05, 0) is 89.9 Å². The number of benzene rings is 4. The SMILES string of the molecule is CC(C)(C)c1c[c-]c2c(c1)-c1cc(C(C)(C)C)ccc1C2.CC(C)(C)c1cc[c-]cc1.CC(C)(C)c1cc[c-]cc1.CC1=[C-]C(C)C=C1CC12CC3CC(CC(C3)C1)C2.Cl.Cl.[CH2]=[Zr]. The minimum absolute atomic E-state index is 0. The van der Waals surface area contributed by atoms with Crippen LogP contribution in [0.3, 0.4) is 0 Å². The molecule has 63 heavy (non-hydrogen) atoms.